The molecule has 2 atom stereocenters. The van der Waals surface area contributed by atoms with Crippen LogP contribution in [0.15, 0.2) is 18.5 Å². The first kappa shape index (κ1) is 15.3. The number of hydrogen-bond donors (Lipinski definition) is 1. The van der Waals surface area contributed by atoms with E-state index in [1.807, 2.05) is 18.5 Å². The van der Waals surface area contributed by atoms with Gasteiger partial charge in [0.15, 0.2) is 0 Å². The highest BCUT2D eigenvalue weighted by molar-refractivity contribution is 5.30. The number of nitrogens with zero attached hydrogens (tertiary/aromatic N) is 1. The average Bonchev–Trinajstić information content (AvgIpc) is 2.43. The first-order valence-corrected chi connectivity index (χ1v) is 7.97. The van der Waals surface area contributed by atoms with Crippen LogP contribution in [0.4, 0.5) is 0 Å². The average molecular weight is 276 g/mol. The maximum atomic E-state index is 6.28. The molecule has 0 radical (unpaired) electrons. The number of rotatable bonds is 6. The van der Waals surface area contributed by atoms with E-state index in [0.29, 0.717) is 17.9 Å². The summed E-state index contributed by atoms with van der Waals surface area (Å²) < 4.78 is 6.28. The minimum Gasteiger partial charge on any atom is -0.490 e. The van der Waals surface area contributed by atoms with Gasteiger partial charge >= 0.3 is 0 Å². The topological polar surface area (TPSA) is 34.2 Å². The molecule has 1 fully saturated rings. The van der Waals surface area contributed by atoms with E-state index in [-0.39, 0.29) is 0 Å². The van der Waals surface area contributed by atoms with Crippen molar-refractivity contribution in [2.24, 2.45) is 11.8 Å². The Balaban J connectivity index is 1.96. The van der Waals surface area contributed by atoms with Gasteiger partial charge < -0.3 is 10.1 Å². The Labute approximate surface area is 123 Å². The summed E-state index contributed by atoms with van der Waals surface area (Å²) in [6.45, 7) is 8.60. The van der Waals surface area contributed by atoms with Crippen molar-refractivity contribution in [3.8, 4) is 5.75 Å². The van der Waals surface area contributed by atoms with Crippen LogP contribution >= 0.6 is 0 Å². The Morgan fingerprint density at radius 2 is 2.15 bits per heavy atom. The lowest BCUT2D eigenvalue weighted by atomic mass is 9.88. The van der Waals surface area contributed by atoms with Crippen molar-refractivity contribution in [3.63, 3.8) is 0 Å². The van der Waals surface area contributed by atoms with Crippen LogP contribution in [0.5, 0.6) is 5.75 Å². The lowest BCUT2D eigenvalue weighted by molar-refractivity contribution is 0.101. The fraction of sp³-hybridized carbons (Fsp3) is 0.706. The van der Waals surface area contributed by atoms with Crippen LogP contribution in [-0.4, -0.2) is 17.6 Å². The molecule has 3 heteroatoms. The van der Waals surface area contributed by atoms with Gasteiger partial charge in [0.25, 0.3) is 0 Å². The number of hydrogen-bond acceptors (Lipinski definition) is 3. The molecule has 1 aliphatic carbocycles. The van der Waals surface area contributed by atoms with Crippen LogP contribution in [0.2, 0.25) is 0 Å². The zero-order valence-corrected chi connectivity index (χ0v) is 13.1. The maximum Gasteiger partial charge on any atom is 0.127 e. The Morgan fingerprint density at radius 1 is 1.35 bits per heavy atom. The highest BCUT2D eigenvalue weighted by atomic mass is 16.5. The third kappa shape index (κ3) is 4.48. The quantitative estimate of drug-likeness (QED) is 0.858. The van der Waals surface area contributed by atoms with Crippen LogP contribution in [0.1, 0.15) is 52.0 Å². The summed E-state index contributed by atoms with van der Waals surface area (Å²) in [5.41, 5.74) is 1.17. The molecule has 0 amide bonds. The van der Waals surface area contributed by atoms with E-state index in [2.05, 4.69) is 31.1 Å². The summed E-state index contributed by atoms with van der Waals surface area (Å²) in [6, 6.07) is 2.01. The maximum absolute atomic E-state index is 6.28. The molecule has 1 aromatic heterocycles. The van der Waals surface area contributed by atoms with E-state index >= 15 is 0 Å². The SMILES string of the molecule is CC(C)CNCc1cnccc1OC1CCCCC1C. The Bertz CT molecular complexity index is 406. The van der Waals surface area contributed by atoms with Crippen LogP contribution in [0.25, 0.3) is 0 Å². The first-order valence-electron chi connectivity index (χ1n) is 7.97. The third-order valence-corrected chi connectivity index (χ3v) is 4.04. The predicted molar refractivity (Wildman–Crippen MR) is 82.8 cm³/mol. The summed E-state index contributed by atoms with van der Waals surface area (Å²) in [7, 11) is 0. The van der Waals surface area contributed by atoms with Crippen molar-refractivity contribution < 1.29 is 4.74 Å². The molecular formula is C17H28N2O. The van der Waals surface area contributed by atoms with Gasteiger partial charge in [0.2, 0.25) is 0 Å². The smallest absolute Gasteiger partial charge is 0.127 e. The van der Waals surface area contributed by atoms with E-state index in [0.717, 1.165) is 18.8 Å². The van der Waals surface area contributed by atoms with Gasteiger partial charge in [-0.3, -0.25) is 4.98 Å². The van der Waals surface area contributed by atoms with Gasteiger partial charge in [-0.05, 0) is 43.7 Å². The monoisotopic (exact) mass is 276 g/mol. The molecular weight excluding hydrogens is 248 g/mol. The van der Waals surface area contributed by atoms with Crippen molar-refractivity contribution >= 4 is 0 Å². The van der Waals surface area contributed by atoms with Crippen molar-refractivity contribution in [1.82, 2.24) is 10.3 Å². The zero-order valence-electron chi connectivity index (χ0n) is 13.1. The highest BCUT2D eigenvalue weighted by Crippen LogP contribution is 2.29. The normalized spacial score (nSPS) is 23.0. The van der Waals surface area contributed by atoms with Gasteiger partial charge in [-0.1, -0.05) is 27.2 Å². The fourth-order valence-corrected chi connectivity index (χ4v) is 2.78. The van der Waals surface area contributed by atoms with E-state index < -0.39 is 0 Å². The zero-order chi connectivity index (χ0) is 14.4. The molecule has 1 saturated carbocycles. The molecule has 112 valence electrons. The predicted octanol–water partition coefficient (Wildman–Crippen LogP) is 3.78. The minimum absolute atomic E-state index is 0.370. The van der Waals surface area contributed by atoms with Crippen molar-refractivity contribution in [2.75, 3.05) is 6.54 Å². The Morgan fingerprint density at radius 3 is 2.90 bits per heavy atom. The molecule has 0 bridgehead atoms. The Kier molecular flexibility index (Phi) is 5.84. The van der Waals surface area contributed by atoms with E-state index in [1.54, 1.807) is 0 Å². The van der Waals surface area contributed by atoms with Gasteiger partial charge in [-0.2, -0.15) is 0 Å². The van der Waals surface area contributed by atoms with E-state index in [9.17, 15) is 0 Å². The Hall–Kier alpha value is -1.09. The summed E-state index contributed by atoms with van der Waals surface area (Å²) in [4.78, 5) is 4.24. The second-order valence-corrected chi connectivity index (χ2v) is 6.43. The van der Waals surface area contributed by atoms with Crippen molar-refractivity contribution in [1.29, 1.82) is 0 Å². The summed E-state index contributed by atoms with van der Waals surface area (Å²) >= 11 is 0. The number of ether oxygens (including phenoxy) is 1. The van der Waals surface area contributed by atoms with Crippen molar-refractivity contribution in [3.05, 3.63) is 24.0 Å². The molecule has 20 heavy (non-hydrogen) atoms. The molecule has 1 N–H and O–H groups in total. The van der Waals surface area contributed by atoms with Gasteiger partial charge in [0.1, 0.15) is 11.9 Å². The lowest BCUT2D eigenvalue weighted by Crippen LogP contribution is -2.29. The van der Waals surface area contributed by atoms with Gasteiger partial charge in [0.05, 0.1) is 0 Å². The molecule has 2 unspecified atom stereocenters. The summed E-state index contributed by atoms with van der Waals surface area (Å²) in [6.07, 6.45) is 9.24. The van der Waals surface area contributed by atoms with E-state index in [4.69, 9.17) is 4.74 Å². The molecule has 0 aliphatic heterocycles. The first-order chi connectivity index (χ1) is 9.66. The number of nitrogens with one attached hydrogen (secondary N) is 1. The molecule has 0 spiro atoms. The van der Waals surface area contributed by atoms with Crippen LogP contribution in [-0.2, 0) is 6.54 Å². The van der Waals surface area contributed by atoms with E-state index in [1.165, 1.54) is 31.2 Å². The second-order valence-electron chi connectivity index (χ2n) is 6.43. The molecule has 1 heterocycles. The van der Waals surface area contributed by atoms with Crippen LogP contribution in [0, 0.1) is 11.8 Å². The third-order valence-electron chi connectivity index (χ3n) is 4.04. The van der Waals surface area contributed by atoms with Gasteiger partial charge in [-0.25, -0.2) is 0 Å². The molecule has 2 rings (SSSR count). The second kappa shape index (κ2) is 7.63. The van der Waals surface area contributed by atoms with Gasteiger partial charge in [0, 0.05) is 24.5 Å². The molecule has 1 aromatic rings. The minimum atomic E-state index is 0.370. The number of pyridine rings is 1. The fourth-order valence-electron chi connectivity index (χ4n) is 2.78. The van der Waals surface area contributed by atoms with Crippen LogP contribution < -0.4 is 10.1 Å². The lowest BCUT2D eigenvalue weighted by Gasteiger charge is -2.30. The molecule has 0 aromatic carbocycles. The summed E-state index contributed by atoms with van der Waals surface area (Å²) in [5.74, 6) is 2.33. The largest absolute Gasteiger partial charge is 0.490 e. The van der Waals surface area contributed by atoms with Crippen LogP contribution in [0.3, 0.4) is 0 Å². The van der Waals surface area contributed by atoms with Gasteiger partial charge in [-0.15, -0.1) is 0 Å². The molecule has 1 aliphatic rings. The molecule has 0 saturated heterocycles. The standard InChI is InChI=1S/C17H28N2O/c1-13(2)10-19-12-15-11-18-9-8-17(15)20-16-7-5-4-6-14(16)3/h8-9,11,13-14,16,19H,4-7,10,12H2,1-3H3. The number of aromatic nitrogens is 1. The summed E-state index contributed by atoms with van der Waals surface area (Å²) in [5, 5.41) is 3.47. The molecule has 3 nitrogen and oxygen atoms in total. The highest BCUT2D eigenvalue weighted by Gasteiger charge is 2.23. The van der Waals surface area contributed by atoms with Crippen molar-refractivity contribution in [2.45, 2.75) is 59.1 Å².